The second-order valence-electron chi connectivity index (χ2n) is 12.0. The Labute approximate surface area is 256 Å². The number of benzene rings is 5. The molecule has 0 unspecified atom stereocenters. The minimum absolute atomic E-state index is 0.107. The molecule has 0 amide bonds. The summed E-state index contributed by atoms with van der Waals surface area (Å²) >= 11 is 0. The number of para-hydroxylation sites is 2. The molecular formula is C38H32N2O4. The van der Waals surface area contributed by atoms with Crippen molar-refractivity contribution in [3.63, 3.8) is 0 Å². The number of ether oxygens (including phenoxy) is 1. The van der Waals surface area contributed by atoms with Crippen LogP contribution < -0.4 is 9.80 Å². The zero-order valence-electron chi connectivity index (χ0n) is 25.0. The standard InChI is InChI=1S/C38H32N2O4/c1-37(2)33-22-27(39(3)25-11-7-5-8-12-25)16-19-30(33)38(32-21-24(35(41)42)15-18-29(32)36(43)44-38)31-20-17-28(23-34(31)37)40(4)26-13-9-6-10-14-26/h5-23H,1-4H3,(H,41,42). The van der Waals surface area contributed by atoms with E-state index in [4.69, 9.17) is 4.74 Å². The Morgan fingerprint density at radius 1 is 0.614 bits per heavy atom. The van der Waals surface area contributed by atoms with Gasteiger partial charge in [0.2, 0.25) is 0 Å². The molecule has 2 aliphatic rings. The Morgan fingerprint density at radius 2 is 1.11 bits per heavy atom. The van der Waals surface area contributed by atoms with Gasteiger partial charge in [-0.05, 0) is 77.9 Å². The maximum absolute atomic E-state index is 13.5. The lowest BCUT2D eigenvalue weighted by molar-refractivity contribution is 0.0231. The van der Waals surface area contributed by atoms with E-state index in [2.05, 4.69) is 60.0 Å². The maximum Gasteiger partial charge on any atom is 0.340 e. The molecule has 1 aliphatic heterocycles. The normalized spacial score (nSPS) is 15.1. The van der Waals surface area contributed by atoms with Gasteiger partial charge in [-0.2, -0.15) is 0 Å². The fourth-order valence-electron chi connectivity index (χ4n) is 6.82. The first-order valence-corrected chi connectivity index (χ1v) is 14.6. The van der Waals surface area contributed by atoms with Crippen molar-refractivity contribution in [2.45, 2.75) is 24.9 Å². The van der Waals surface area contributed by atoms with Crippen LogP contribution in [0, 0.1) is 0 Å². The summed E-state index contributed by atoms with van der Waals surface area (Å²) in [5, 5.41) is 9.92. The highest BCUT2D eigenvalue weighted by molar-refractivity contribution is 5.99. The molecule has 6 nitrogen and oxygen atoms in total. The van der Waals surface area contributed by atoms with Crippen molar-refractivity contribution in [1.29, 1.82) is 0 Å². The summed E-state index contributed by atoms with van der Waals surface area (Å²) in [7, 11) is 4.07. The monoisotopic (exact) mass is 580 g/mol. The minimum atomic E-state index is -1.30. The molecule has 0 saturated heterocycles. The molecule has 44 heavy (non-hydrogen) atoms. The van der Waals surface area contributed by atoms with Crippen LogP contribution >= 0.6 is 0 Å². The average Bonchev–Trinajstić information content (AvgIpc) is 3.35. The van der Waals surface area contributed by atoms with Crippen LogP contribution in [0.1, 0.15) is 62.4 Å². The largest absolute Gasteiger partial charge is 0.478 e. The van der Waals surface area contributed by atoms with E-state index >= 15 is 0 Å². The first-order valence-electron chi connectivity index (χ1n) is 14.6. The van der Waals surface area contributed by atoms with Gasteiger partial charge in [0, 0.05) is 59.0 Å². The van der Waals surface area contributed by atoms with Gasteiger partial charge in [-0.3, -0.25) is 0 Å². The molecule has 5 aromatic rings. The topological polar surface area (TPSA) is 70.1 Å². The smallest absolute Gasteiger partial charge is 0.340 e. The first kappa shape index (κ1) is 27.5. The number of aromatic carboxylic acids is 1. The second-order valence-corrected chi connectivity index (χ2v) is 12.0. The van der Waals surface area contributed by atoms with Crippen LogP contribution in [0.15, 0.2) is 115 Å². The Morgan fingerprint density at radius 3 is 1.59 bits per heavy atom. The van der Waals surface area contributed by atoms with Crippen LogP contribution in [0.5, 0.6) is 0 Å². The van der Waals surface area contributed by atoms with E-state index in [1.165, 1.54) is 6.07 Å². The van der Waals surface area contributed by atoms with E-state index in [0.717, 1.165) is 45.0 Å². The summed E-state index contributed by atoms with van der Waals surface area (Å²) in [6, 6.07) is 37.4. The fraction of sp³-hybridized carbons (Fsp3) is 0.158. The zero-order valence-corrected chi connectivity index (χ0v) is 25.0. The zero-order chi connectivity index (χ0) is 30.8. The van der Waals surface area contributed by atoms with Crippen molar-refractivity contribution in [3.05, 3.63) is 154 Å². The number of hydrogen-bond acceptors (Lipinski definition) is 5. The van der Waals surface area contributed by atoms with Gasteiger partial charge in [-0.15, -0.1) is 0 Å². The van der Waals surface area contributed by atoms with Crippen molar-refractivity contribution in [3.8, 4) is 0 Å². The Kier molecular flexibility index (Phi) is 6.15. The first-order chi connectivity index (χ1) is 21.1. The lowest BCUT2D eigenvalue weighted by Gasteiger charge is -2.45. The number of rotatable bonds is 5. The Bertz CT molecular complexity index is 1850. The third-order valence-electron chi connectivity index (χ3n) is 9.28. The van der Waals surface area contributed by atoms with Crippen molar-refractivity contribution in [1.82, 2.24) is 0 Å². The number of carbonyl (C=O) groups is 2. The van der Waals surface area contributed by atoms with E-state index in [1.807, 2.05) is 74.8 Å². The number of nitrogens with zero attached hydrogens (tertiary/aromatic N) is 2. The molecule has 6 heteroatoms. The third kappa shape index (κ3) is 3.94. The molecule has 0 fully saturated rings. The molecule has 7 rings (SSSR count). The molecule has 0 radical (unpaired) electrons. The van der Waals surface area contributed by atoms with Gasteiger partial charge < -0.3 is 19.6 Å². The predicted octanol–water partition coefficient (Wildman–Crippen LogP) is 8.02. The van der Waals surface area contributed by atoms with Gasteiger partial charge in [0.1, 0.15) is 0 Å². The number of anilines is 4. The second kappa shape index (κ2) is 9.85. The number of fused-ring (bicyclic) bond motifs is 6. The molecule has 0 aromatic heterocycles. The van der Waals surface area contributed by atoms with Gasteiger partial charge in [-0.25, -0.2) is 9.59 Å². The van der Waals surface area contributed by atoms with Crippen molar-refractivity contribution < 1.29 is 19.4 Å². The average molecular weight is 581 g/mol. The number of carboxylic acid groups (broad SMARTS) is 1. The molecular weight excluding hydrogens is 548 g/mol. The van der Waals surface area contributed by atoms with Gasteiger partial charge in [0.15, 0.2) is 5.60 Å². The summed E-state index contributed by atoms with van der Waals surface area (Å²) < 4.78 is 6.45. The maximum atomic E-state index is 13.5. The fourth-order valence-corrected chi connectivity index (χ4v) is 6.82. The molecule has 1 heterocycles. The van der Waals surface area contributed by atoms with Gasteiger partial charge in [0.05, 0.1) is 11.1 Å². The summed E-state index contributed by atoms with van der Waals surface area (Å²) in [5.74, 6) is -1.52. The van der Waals surface area contributed by atoms with Crippen LogP contribution in [-0.2, 0) is 15.8 Å². The molecule has 0 bridgehead atoms. The predicted molar refractivity (Wildman–Crippen MR) is 173 cm³/mol. The molecule has 1 aliphatic carbocycles. The SMILES string of the molecule is CN(c1ccccc1)c1ccc2c(c1)C(C)(C)c1cc(N(C)c3ccccc3)ccc1C21OC(=O)c2ccc(C(=O)O)cc21. The highest BCUT2D eigenvalue weighted by Crippen LogP contribution is 2.57. The van der Waals surface area contributed by atoms with Crippen molar-refractivity contribution in [2.75, 3.05) is 23.9 Å². The van der Waals surface area contributed by atoms with Crippen molar-refractivity contribution >= 4 is 34.7 Å². The van der Waals surface area contributed by atoms with Crippen LogP contribution in [0.3, 0.4) is 0 Å². The Hall–Kier alpha value is -5.36. The van der Waals surface area contributed by atoms with Crippen molar-refractivity contribution in [2.24, 2.45) is 0 Å². The van der Waals surface area contributed by atoms with E-state index in [-0.39, 0.29) is 5.56 Å². The number of hydrogen-bond donors (Lipinski definition) is 1. The summed E-state index contributed by atoms with van der Waals surface area (Å²) in [6.07, 6.45) is 0. The van der Waals surface area contributed by atoms with Gasteiger partial charge >= 0.3 is 11.9 Å². The van der Waals surface area contributed by atoms with Gasteiger partial charge in [0.25, 0.3) is 0 Å². The number of carbonyl (C=O) groups excluding carboxylic acids is 1. The lowest BCUT2D eigenvalue weighted by Crippen LogP contribution is -2.41. The molecule has 5 aromatic carbocycles. The van der Waals surface area contributed by atoms with Crippen LogP contribution in [-0.4, -0.2) is 31.1 Å². The van der Waals surface area contributed by atoms with E-state index in [9.17, 15) is 14.7 Å². The highest BCUT2D eigenvalue weighted by atomic mass is 16.6. The van der Waals surface area contributed by atoms with Gasteiger partial charge in [-0.1, -0.05) is 62.4 Å². The van der Waals surface area contributed by atoms with E-state index in [1.54, 1.807) is 12.1 Å². The highest BCUT2D eigenvalue weighted by Gasteiger charge is 2.56. The summed E-state index contributed by atoms with van der Waals surface area (Å²) in [4.78, 5) is 29.9. The third-order valence-corrected chi connectivity index (χ3v) is 9.28. The van der Waals surface area contributed by atoms with E-state index in [0.29, 0.717) is 11.1 Å². The number of esters is 1. The Balaban J connectivity index is 1.50. The molecule has 1 N–H and O–H groups in total. The van der Waals surface area contributed by atoms with Crippen LogP contribution in [0.4, 0.5) is 22.7 Å². The summed E-state index contributed by atoms with van der Waals surface area (Å²) in [5.41, 5.74) is 6.99. The molecule has 218 valence electrons. The molecule has 1 spiro atoms. The molecule has 0 atom stereocenters. The molecule has 0 saturated carbocycles. The quantitative estimate of drug-likeness (QED) is 0.212. The van der Waals surface area contributed by atoms with Crippen LogP contribution in [0.25, 0.3) is 0 Å². The minimum Gasteiger partial charge on any atom is -0.478 e. The van der Waals surface area contributed by atoms with Crippen LogP contribution in [0.2, 0.25) is 0 Å². The lowest BCUT2D eigenvalue weighted by atomic mass is 9.61. The van der Waals surface area contributed by atoms with E-state index < -0.39 is 23.0 Å². The number of carboxylic acids is 1. The summed E-state index contributed by atoms with van der Waals surface area (Å²) in [6.45, 7) is 4.39.